The second-order valence-corrected chi connectivity index (χ2v) is 3.79. The minimum Gasteiger partial charge on any atom is -0.466 e. The maximum atomic E-state index is 11.7. The summed E-state index contributed by atoms with van der Waals surface area (Å²) in [6.07, 6.45) is 1.31. The smallest absolute Gasteiger partial charge is 0.313 e. The Balaban J connectivity index is 2.73. The van der Waals surface area contributed by atoms with E-state index in [1.807, 2.05) is 0 Å². The van der Waals surface area contributed by atoms with E-state index in [1.54, 1.807) is 13.8 Å². The lowest BCUT2D eigenvalue weighted by Gasteiger charge is -2.17. The summed E-state index contributed by atoms with van der Waals surface area (Å²) in [6, 6.07) is 0. The van der Waals surface area contributed by atoms with Crippen LogP contribution in [0.4, 0.5) is 0 Å². The fourth-order valence-corrected chi connectivity index (χ4v) is 2.01. The fraction of sp³-hybridized carbons (Fsp3) is 0.667. The van der Waals surface area contributed by atoms with Crippen LogP contribution < -0.4 is 0 Å². The van der Waals surface area contributed by atoms with Crippen molar-refractivity contribution in [3.05, 3.63) is 12.2 Å². The number of carbonyl (C=O) groups is 2. The molecule has 0 saturated heterocycles. The molecule has 0 heterocycles. The summed E-state index contributed by atoms with van der Waals surface area (Å²) >= 11 is 0. The van der Waals surface area contributed by atoms with Crippen molar-refractivity contribution >= 4 is 11.9 Å². The zero-order valence-corrected chi connectivity index (χ0v) is 9.82. The van der Waals surface area contributed by atoms with Gasteiger partial charge in [-0.25, -0.2) is 0 Å². The monoisotopic (exact) mass is 226 g/mol. The lowest BCUT2D eigenvalue weighted by molar-refractivity contribution is -0.157. The van der Waals surface area contributed by atoms with E-state index in [-0.39, 0.29) is 11.9 Å². The van der Waals surface area contributed by atoms with Crippen LogP contribution >= 0.6 is 0 Å². The molecule has 1 aliphatic rings. The van der Waals surface area contributed by atoms with Crippen LogP contribution in [-0.2, 0) is 19.1 Å². The number of hydrogen-bond acceptors (Lipinski definition) is 4. The average molecular weight is 226 g/mol. The quantitative estimate of drug-likeness (QED) is 0.540. The van der Waals surface area contributed by atoms with Gasteiger partial charge < -0.3 is 9.47 Å². The molecule has 2 atom stereocenters. The van der Waals surface area contributed by atoms with E-state index < -0.39 is 11.8 Å². The molecule has 1 rings (SSSR count). The summed E-state index contributed by atoms with van der Waals surface area (Å²) in [5, 5.41) is 0. The molecule has 0 aromatic rings. The molecular weight excluding hydrogens is 208 g/mol. The molecule has 0 bridgehead atoms. The first-order valence-corrected chi connectivity index (χ1v) is 5.62. The first-order valence-electron chi connectivity index (χ1n) is 5.62. The predicted octanol–water partition coefficient (Wildman–Crippen LogP) is 1.70. The standard InChI is InChI=1S/C12H18O4/c1-4-15-11(13)9-7-6-8(3)10(9)12(14)16-5-2/h9-10H,3-7H2,1-2H3/t9-,10-/m1/s1. The Hall–Kier alpha value is -1.32. The van der Waals surface area contributed by atoms with Crippen LogP contribution in [0.2, 0.25) is 0 Å². The highest BCUT2D eigenvalue weighted by atomic mass is 16.5. The molecule has 90 valence electrons. The third-order valence-electron chi connectivity index (χ3n) is 2.75. The first kappa shape index (κ1) is 12.7. The summed E-state index contributed by atoms with van der Waals surface area (Å²) in [6.45, 7) is 7.97. The lowest BCUT2D eigenvalue weighted by Crippen LogP contribution is -2.29. The summed E-state index contributed by atoms with van der Waals surface area (Å²) in [7, 11) is 0. The topological polar surface area (TPSA) is 52.6 Å². The van der Waals surface area contributed by atoms with Crippen LogP contribution in [-0.4, -0.2) is 25.2 Å². The number of carbonyl (C=O) groups excluding carboxylic acids is 2. The summed E-state index contributed by atoms with van der Waals surface area (Å²) in [5.41, 5.74) is 0.775. The fourth-order valence-electron chi connectivity index (χ4n) is 2.01. The molecule has 1 aliphatic carbocycles. The molecule has 1 saturated carbocycles. The van der Waals surface area contributed by atoms with Crippen LogP contribution in [0.15, 0.2) is 12.2 Å². The molecule has 0 unspecified atom stereocenters. The molecule has 1 fully saturated rings. The Kier molecular flexibility index (Phi) is 4.52. The van der Waals surface area contributed by atoms with Gasteiger partial charge in [0.2, 0.25) is 0 Å². The Labute approximate surface area is 95.6 Å². The second-order valence-electron chi connectivity index (χ2n) is 3.79. The number of esters is 2. The van der Waals surface area contributed by atoms with Crippen molar-refractivity contribution < 1.29 is 19.1 Å². The van der Waals surface area contributed by atoms with E-state index >= 15 is 0 Å². The predicted molar refractivity (Wildman–Crippen MR) is 58.6 cm³/mol. The molecule has 0 aliphatic heterocycles. The zero-order chi connectivity index (χ0) is 12.1. The largest absolute Gasteiger partial charge is 0.466 e. The number of ether oxygens (including phenoxy) is 2. The third kappa shape index (κ3) is 2.62. The minimum atomic E-state index is -0.515. The molecule has 0 amide bonds. The first-order chi connectivity index (χ1) is 7.61. The minimum absolute atomic E-state index is 0.318. The normalized spacial score (nSPS) is 24.2. The van der Waals surface area contributed by atoms with Crippen LogP contribution in [0.25, 0.3) is 0 Å². The van der Waals surface area contributed by atoms with E-state index in [4.69, 9.17) is 9.47 Å². The summed E-state index contributed by atoms with van der Waals surface area (Å²) < 4.78 is 9.89. The maximum absolute atomic E-state index is 11.7. The van der Waals surface area contributed by atoms with Crippen molar-refractivity contribution in [3.8, 4) is 0 Å². The van der Waals surface area contributed by atoms with Gasteiger partial charge in [0.15, 0.2) is 0 Å². The van der Waals surface area contributed by atoms with Gasteiger partial charge in [-0.3, -0.25) is 9.59 Å². The Morgan fingerprint density at radius 3 is 2.38 bits per heavy atom. The van der Waals surface area contributed by atoms with Gasteiger partial charge in [0, 0.05) is 0 Å². The van der Waals surface area contributed by atoms with Crippen LogP contribution in [0.3, 0.4) is 0 Å². The molecule has 0 N–H and O–H groups in total. The summed E-state index contributed by atoms with van der Waals surface area (Å²) in [4.78, 5) is 23.3. The molecular formula is C12H18O4. The number of hydrogen-bond donors (Lipinski definition) is 0. The molecule has 16 heavy (non-hydrogen) atoms. The third-order valence-corrected chi connectivity index (χ3v) is 2.75. The highest BCUT2D eigenvalue weighted by Crippen LogP contribution is 2.37. The zero-order valence-electron chi connectivity index (χ0n) is 9.82. The van der Waals surface area contributed by atoms with Gasteiger partial charge in [0.05, 0.1) is 25.0 Å². The number of rotatable bonds is 4. The van der Waals surface area contributed by atoms with E-state index in [9.17, 15) is 9.59 Å². The molecule has 0 aromatic carbocycles. The van der Waals surface area contributed by atoms with Gasteiger partial charge in [-0.05, 0) is 26.7 Å². The van der Waals surface area contributed by atoms with Crippen LogP contribution in [0.5, 0.6) is 0 Å². The SMILES string of the molecule is C=C1CC[C@@H](C(=O)OCC)[C@@H]1C(=O)OCC. The highest BCUT2D eigenvalue weighted by Gasteiger charge is 2.42. The van der Waals surface area contributed by atoms with E-state index in [0.29, 0.717) is 26.1 Å². The van der Waals surface area contributed by atoms with E-state index in [1.165, 1.54) is 0 Å². The molecule has 0 spiro atoms. The lowest BCUT2D eigenvalue weighted by atomic mass is 9.94. The van der Waals surface area contributed by atoms with Gasteiger partial charge in [-0.1, -0.05) is 12.2 Å². The maximum Gasteiger partial charge on any atom is 0.313 e. The molecule has 4 nitrogen and oxygen atoms in total. The van der Waals surface area contributed by atoms with Crippen molar-refractivity contribution in [1.82, 2.24) is 0 Å². The summed E-state index contributed by atoms with van der Waals surface area (Å²) in [5.74, 6) is -1.60. The van der Waals surface area contributed by atoms with Gasteiger partial charge in [-0.15, -0.1) is 0 Å². The Morgan fingerprint density at radius 1 is 1.25 bits per heavy atom. The van der Waals surface area contributed by atoms with Gasteiger partial charge in [0.1, 0.15) is 0 Å². The van der Waals surface area contributed by atoms with Crippen molar-refractivity contribution in [2.75, 3.05) is 13.2 Å². The Bertz CT molecular complexity index is 295. The highest BCUT2D eigenvalue weighted by molar-refractivity contribution is 5.85. The van der Waals surface area contributed by atoms with Crippen molar-refractivity contribution in [2.45, 2.75) is 26.7 Å². The van der Waals surface area contributed by atoms with E-state index in [0.717, 1.165) is 5.57 Å². The van der Waals surface area contributed by atoms with Gasteiger partial charge >= 0.3 is 11.9 Å². The molecule has 0 aromatic heterocycles. The molecule has 0 radical (unpaired) electrons. The van der Waals surface area contributed by atoms with Gasteiger partial charge in [0.25, 0.3) is 0 Å². The average Bonchev–Trinajstić information content (AvgIpc) is 2.61. The van der Waals surface area contributed by atoms with Crippen LogP contribution in [0.1, 0.15) is 26.7 Å². The van der Waals surface area contributed by atoms with E-state index in [2.05, 4.69) is 6.58 Å². The van der Waals surface area contributed by atoms with Gasteiger partial charge in [-0.2, -0.15) is 0 Å². The molecule has 4 heteroatoms. The van der Waals surface area contributed by atoms with Crippen molar-refractivity contribution in [2.24, 2.45) is 11.8 Å². The van der Waals surface area contributed by atoms with Crippen LogP contribution in [0, 0.1) is 11.8 Å². The Morgan fingerprint density at radius 2 is 1.81 bits per heavy atom. The van der Waals surface area contributed by atoms with Crippen molar-refractivity contribution in [3.63, 3.8) is 0 Å². The second kappa shape index (κ2) is 5.68. The van der Waals surface area contributed by atoms with Crippen molar-refractivity contribution in [1.29, 1.82) is 0 Å².